The van der Waals surface area contributed by atoms with Gasteiger partial charge >= 0.3 is 0 Å². The molecule has 0 nitrogen and oxygen atoms in total. The van der Waals surface area contributed by atoms with Gasteiger partial charge in [-0.2, -0.15) is 0 Å². The lowest BCUT2D eigenvalue weighted by Crippen LogP contribution is -2.14. The Balaban J connectivity index is 1.80. The maximum Gasteiger partial charge on any atom is -0.0102 e. The molecule has 1 aliphatic rings. The second-order valence-corrected chi connectivity index (χ2v) is 7.52. The van der Waals surface area contributed by atoms with Gasteiger partial charge in [0, 0.05) is 0 Å². The summed E-state index contributed by atoms with van der Waals surface area (Å²) in [7, 11) is 0. The van der Waals surface area contributed by atoms with E-state index in [-0.39, 0.29) is 0 Å². The summed E-state index contributed by atoms with van der Waals surface area (Å²) < 4.78 is 0. The van der Waals surface area contributed by atoms with Gasteiger partial charge in [0.1, 0.15) is 0 Å². The van der Waals surface area contributed by atoms with E-state index < -0.39 is 0 Å². The molecule has 124 valence electrons. The van der Waals surface area contributed by atoms with Crippen molar-refractivity contribution in [3.05, 3.63) is 59.2 Å². The Morgan fingerprint density at radius 3 is 2.58 bits per heavy atom. The lowest BCUT2D eigenvalue weighted by molar-refractivity contribution is 0.414. The van der Waals surface area contributed by atoms with Crippen LogP contribution in [-0.4, -0.2) is 0 Å². The molecule has 1 atom stereocenters. The van der Waals surface area contributed by atoms with Crippen LogP contribution in [0.2, 0.25) is 0 Å². The number of unbranched alkanes of at least 4 members (excludes halogenated alkanes) is 1. The predicted molar refractivity (Wildman–Crippen MR) is 106 cm³/mol. The third kappa shape index (κ3) is 2.73. The SMILES string of the molecule is CCCCC1CCc2c(ccc3c2ccc2ccc(CC)cc23)C1. The summed E-state index contributed by atoms with van der Waals surface area (Å²) >= 11 is 0. The minimum absolute atomic E-state index is 0.905. The zero-order valence-corrected chi connectivity index (χ0v) is 15.1. The smallest absolute Gasteiger partial charge is 0.0102 e. The fraction of sp³-hybridized carbons (Fsp3) is 0.417. The van der Waals surface area contributed by atoms with Crippen molar-refractivity contribution >= 4 is 21.5 Å². The van der Waals surface area contributed by atoms with E-state index in [1.165, 1.54) is 65.6 Å². The van der Waals surface area contributed by atoms with Crippen LogP contribution in [0, 0.1) is 5.92 Å². The highest BCUT2D eigenvalue weighted by molar-refractivity contribution is 6.09. The molecule has 0 amide bonds. The fourth-order valence-corrected chi connectivity index (χ4v) is 4.50. The molecule has 0 aromatic heterocycles. The quantitative estimate of drug-likeness (QED) is 0.462. The van der Waals surface area contributed by atoms with Gasteiger partial charge < -0.3 is 0 Å². The molecule has 0 heterocycles. The summed E-state index contributed by atoms with van der Waals surface area (Å²) in [6.45, 7) is 4.55. The average molecular weight is 316 g/mol. The molecule has 0 aliphatic heterocycles. The first kappa shape index (κ1) is 15.7. The van der Waals surface area contributed by atoms with Crippen molar-refractivity contribution < 1.29 is 0 Å². The topological polar surface area (TPSA) is 0 Å². The van der Waals surface area contributed by atoms with Crippen molar-refractivity contribution in [2.24, 2.45) is 5.92 Å². The van der Waals surface area contributed by atoms with Crippen molar-refractivity contribution in [3.8, 4) is 0 Å². The van der Waals surface area contributed by atoms with Crippen LogP contribution >= 0.6 is 0 Å². The summed E-state index contributed by atoms with van der Waals surface area (Å²) in [5, 5.41) is 5.76. The Morgan fingerprint density at radius 1 is 0.917 bits per heavy atom. The first-order chi connectivity index (χ1) is 11.8. The highest BCUT2D eigenvalue weighted by Crippen LogP contribution is 2.36. The van der Waals surface area contributed by atoms with Crippen LogP contribution in [-0.2, 0) is 19.3 Å². The number of hydrogen-bond acceptors (Lipinski definition) is 0. The van der Waals surface area contributed by atoms with Crippen LogP contribution in [0.1, 0.15) is 56.2 Å². The molecule has 1 aliphatic carbocycles. The van der Waals surface area contributed by atoms with Gasteiger partial charge in [0.2, 0.25) is 0 Å². The number of hydrogen-bond donors (Lipinski definition) is 0. The second-order valence-electron chi connectivity index (χ2n) is 7.52. The molecule has 0 spiro atoms. The number of fused-ring (bicyclic) bond motifs is 5. The van der Waals surface area contributed by atoms with Crippen LogP contribution in [0.3, 0.4) is 0 Å². The molecular weight excluding hydrogens is 288 g/mol. The minimum atomic E-state index is 0.905. The summed E-state index contributed by atoms with van der Waals surface area (Å²) in [6.07, 6.45) is 9.16. The Morgan fingerprint density at radius 2 is 1.75 bits per heavy atom. The van der Waals surface area contributed by atoms with Gasteiger partial charge in [0.25, 0.3) is 0 Å². The molecule has 0 saturated heterocycles. The van der Waals surface area contributed by atoms with Crippen LogP contribution < -0.4 is 0 Å². The number of aryl methyl sites for hydroxylation is 2. The highest BCUT2D eigenvalue weighted by Gasteiger charge is 2.20. The molecule has 3 aromatic rings. The van der Waals surface area contributed by atoms with E-state index in [1.54, 1.807) is 11.1 Å². The predicted octanol–water partition coefficient (Wildman–Crippen LogP) is 6.85. The molecule has 0 radical (unpaired) electrons. The lowest BCUT2D eigenvalue weighted by Gasteiger charge is -2.26. The summed E-state index contributed by atoms with van der Waals surface area (Å²) in [5.41, 5.74) is 4.68. The van der Waals surface area contributed by atoms with Crippen molar-refractivity contribution in [2.45, 2.75) is 58.8 Å². The third-order valence-electron chi connectivity index (χ3n) is 5.98. The van der Waals surface area contributed by atoms with Gasteiger partial charge in [-0.25, -0.2) is 0 Å². The van der Waals surface area contributed by atoms with Gasteiger partial charge in [-0.3, -0.25) is 0 Å². The number of benzene rings is 3. The molecule has 0 fully saturated rings. The fourth-order valence-electron chi connectivity index (χ4n) is 4.50. The molecular formula is C24H28. The zero-order valence-electron chi connectivity index (χ0n) is 15.1. The Hall–Kier alpha value is -1.82. The summed E-state index contributed by atoms with van der Waals surface area (Å²) in [4.78, 5) is 0. The summed E-state index contributed by atoms with van der Waals surface area (Å²) in [6, 6.07) is 16.5. The van der Waals surface area contributed by atoms with Crippen LogP contribution in [0.25, 0.3) is 21.5 Å². The van der Waals surface area contributed by atoms with Crippen molar-refractivity contribution in [2.75, 3.05) is 0 Å². The molecule has 0 bridgehead atoms. The zero-order chi connectivity index (χ0) is 16.5. The van der Waals surface area contributed by atoms with E-state index in [4.69, 9.17) is 0 Å². The largest absolute Gasteiger partial charge is 0.0654 e. The highest BCUT2D eigenvalue weighted by atomic mass is 14.2. The lowest BCUT2D eigenvalue weighted by atomic mass is 9.79. The van der Waals surface area contributed by atoms with Gasteiger partial charge in [-0.1, -0.05) is 75.6 Å². The molecule has 1 unspecified atom stereocenters. The van der Waals surface area contributed by atoms with Gasteiger partial charge in [-0.05, 0) is 69.8 Å². The van der Waals surface area contributed by atoms with E-state index >= 15 is 0 Å². The molecule has 0 saturated carbocycles. The van der Waals surface area contributed by atoms with Gasteiger partial charge in [0.15, 0.2) is 0 Å². The standard InChI is InChI=1S/C24H28/c1-3-5-6-18-8-12-21-20(15-18)11-14-23-22(21)13-10-19-9-7-17(4-2)16-24(19)23/h7,9-11,13-14,16,18H,3-6,8,12,15H2,1-2H3. The maximum atomic E-state index is 2.42. The van der Waals surface area contributed by atoms with Crippen LogP contribution in [0.15, 0.2) is 42.5 Å². The van der Waals surface area contributed by atoms with Crippen molar-refractivity contribution in [1.82, 2.24) is 0 Å². The van der Waals surface area contributed by atoms with Crippen LogP contribution in [0.4, 0.5) is 0 Å². The van der Waals surface area contributed by atoms with E-state index in [9.17, 15) is 0 Å². The first-order valence-corrected chi connectivity index (χ1v) is 9.76. The molecule has 0 N–H and O–H groups in total. The average Bonchev–Trinajstić information content (AvgIpc) is 2.65. The number of rotatable bonds is 4. The third-order valence-corrected chi connectivity index (χ3v) is 5.98. The Kier molecular flexibility index (Phi) is 4.31. The van der Waals surface area contributed by atoms with Crippen LogP contribution in [0.5, 0.6) is 0 Å². The van der Waals surface area contributed by atoms with Gasteiger partial charge in [0.05, 0.1) is 0 Å². The van der Waals surface area contributed by atoms with E-state index in [2.05, 4.69) is 56.3 Å². The second kappa shape index (κ2) is 6.59. The Bertz CT molecular complexity index is 872. The molecule has 0 heteroatoms. The molecule has 3 aromatic carbocycles. The monoisotopic (exact) mass is 316 g/mol. The normalized spacial score (nSPS) is 17.3. The van der Waals surface area contributed by atoms with E-state index in [1.807, 2.05) is 0 Å². The molecule has 4 rings (SSSR count). The van der Waals surface area contributed by atoms with Crippen molar-refractivity contribution in [1.29, 1.82) is 0 Å². The maximum absolute atomic E-state index is 2.42. The molecule has 24 heavy (non-hydrogen) atoms. The van der Waals surface area contributed by atoms with Crippen molar-refractivity contribution in [3.63, 3.8) is 0 Å². The summed E-state index contributed by atoms with van der Waals surface area (Å²) in [5.74, 6) is 0.905. The first-order valence-electron chi connectivity index (χ1n) is 9.76. The minimum Gasteiger partial charge on any atom is -0.0654 e. The van der Waals surface area contributed by atoms with E-state index in [0.29, 0.717) is 0 Å². The van der Waals surface area contributed by atoms with Gasteiger partial charge in [-0.15, -0.1) is 0 Å². The van der Waals surface area contributed by atoms with E-state index in [0.717, 1.165) is 12.3 Å². The Labute approximate surface area is 145 Å².